The normalized spacial score (nSPS) is 11.5. The molecule has 3 amide bonds. The minimum absolute atomic E-state index is 0.0618. The van der Waals surface area contributed by atoms with Crippen molar-refractivity contribution >= 4 is 40.1 Å². The van der Waals surface area contributed by atoms with Crippen molar-refractivity contribution in [1.82, 2.24) is 26.4 Å². The van der Waals surface area contributed by atoms with E-state index >= 15 is 0 Å². The van der Waals surface area contributed by atoms with Crippen LogP contribution in [0.1, 0.15) is 27.8 Å². The maximum Gasteiger partial charge on any atom is 0.290 e. The number of halogens is 1. The van der Waals surface area contributed by atoms with Gasteiger partial charge in [-0.1, -0.05) is 41.9 Å². The third-order valence-electron chi connectivity index (χ3n) is 4.07. The Labute approximate surface area is 169 Å². The molecule has 0 bridgehead atoms. The van der Waals surface area contributed by atoms with E-state index in [9.17, 15) is 19.2 Å². The molecule has 0 saturated carbocycles. The second-order valence-electron chi connectivity index (χ2n) is 6.07. The zero-order valence-electron chi connectivity index (χ0n) is 15.2. The van der Waals surface area contributed by atoms with Crippen molar-refractivity contribution in [2.24, 2.45) is 0 Å². The third-order valence-corrected chi connectivity index (χ3v) is 4.40. The molecule has 0 saturated heterocycles. The van der Waals surface area contributed by atoms with Gasteiger partial charge in [0.1, 0.15) is 6.04 Å². The highest BCUT2D eigenvalue weighted by Crippen LogP contribution is 2.14. The van der Waals surface area contributed by atoms with E-state index in [4.69, 9.17) is 11.6 Å². The molecule has 0 spiro atoms. The molecule has 1 heterocycles. The summed E-state index contributed by atoms with van der Waals surface area (Å²) in [7, 11) is 0. The standard InChI is InChI=1S/C19H16ClN5O4/c1-10(21-17(27)13-8-4-5-9-14(13)20)16(26)23-25-19(29)15-11-6-2-3-7-12(11)18(28)24-22-15/h2-10H,1H3,(H,21,27)(H,23,26)(H,24,28)(H,25,29). The van der Waals surface area contributed by atoms with E-state index in [-0.39, 0.29) is 16.3 Å². The number of benzene rings is 2. The number of amides is 3. The molecule has 0 radical (unpaired) electrons. The van der Waals surface area contributed by atoms with Crippen molar-refractivity contribution < 1.29 is 14.4 Å². The lowest BCUT2D eigenvalue weighted by atomic mass is 10.1. The summed E-state index contributed by atoms with van der Waals surface area (Å²) in [5, 5.41) is 9.34. The Morgan fingerprint density at radius 2 is 1.62 bits per heavy atom. The molecule has 1 unspecified atom stereocenters. The monoisotopic (exact) mass is 413 g/mol. The van der Waals surface area contributed by atoms with Gasteiger partial charge in [0.15, 0.2) is 5.69 Å². The largest absolute Gasteiger partial charge is 0.340 e. The number of carbonyl (C=O) groups is 3. The van der Waals surface area contributed by atoms with E-state index in [1.807, 2.05) is 0 Å². The summed E-state index contributed by atoms with van der Waals surface area (Å²) in [5.41, 5.74) is 4.16. The number of hydrogen-bond acceptors (Lipinski definition) is 5. The first kappa shape index (κ1) is 20.0. The summed E-state index contributed by atoms with van der Waals surface area (Å²) in [6.45, 7) is 1.45. The summed E-state index contributed by atoms with van der Waals surface area (Å²) < 4.78 is 0. The predicted octanol–water partition coefficient (Wildman–Crippen LogP) is 1.16. The number of H-pyrrole nitrogens is 1. The Hall–Kier alpha value is -3.72. The molecule has 148 valence electrons. The lowest BCUT2D eigenvalue weighted by Crippen LogP contribution is -2.51. The molecule has 10 heteroatoms. The molecule has 3 rings (SSSR count). The van der Waals surface area contributed by atoms with Gasteiger partial charge in [0, 0.05) is 5.39 Å². The lowest BCUT2D eigenvalue weighted by molar-refractivity contribution is -0.123. The molecular formula is C19H16ClN5O4. The molecule has 4 N–H and O–H groups in total. The van der Waals surface area contributed by atoms with Gasteiger partial charge in [0.05, 0.1) is 16.0 Å². The summed E-state index contributed by atoms with van der Waals surface area (Å²) in [6.07, 6.45) is 0. The number of aromatic amines is 1. The SMILES string of the molecule is CC(NC(=O)c1ccccc1Cl)C(=O)NNC(=O)c1n[nH]c(=O)c2ccccc12. The van der Waals surface area contributed by atoms with Crippen LogP contribution in [0.2, 0.25) is 5.02 Å². The van der Waals surface area contributed by atoms with Crippen molar-refractivity contribution in [3.8, 4) is 0 Å². The lowest BCUT2D eigenvalue weighted by Gasteiger charge is -2.15. The summed E-state index contributed by atoms with van der Waals surface area (Å²) in [5.74, 6) is -1.92. The van der Waals surface area contributed by atoms with Crippen molar-refractivity contribution in [3.63, 3.8) is 0 Å². The van der Waals surface area contributed by atoms with Crippen LogP contribution in [0.25, 0.3) is 10.8 Å². The van der Waals surface area contributed by atoms with Crippen LogP contribution in [0.5, 0.6) is 0 Å². The van der Waals surface area contributed by atoms with Gasteiger partial charge in [-0.3, -0.25) is 30.0 Å². The maximum absolute atomic E-state index is 12.4. The molecule has 0 fully saturated rings. The molecule has 9 nitrogen and oxygen atoms in total. The van der Waals surface area contributed by atoms with Crippen LogP contribution in [-0.2, 0) is 4.79 Å². The number of fused-ring (bicyclic) bond motifs is 1. The van der Waals surface area contributed by atoms with Gasteiger partial charge in [-0.2, -0.15) is 5.10 Å². The number of hydrogen-bond donors (Lipinski definition) is 4. The zero-order chi connectivity index (χ0) is 21.0. The smallest absolute Gasteiger partial charge is 0.290 e. The molecule has 29 heavy (non-hydrogen) atoms. The van der Waals surface area contributed by atoms with Crippen LogP contribution in [-0.4, -0.2) is 34.0 Å². The van der Waals surface area contributed by atoms with Crippen LogP contribution in [0.3, 0.4) is 0 Å². The van der Waals surface area contributed by atoms with E-state index in [2.05, 4.69) is 26.4 Å². The predicted molar refractivity (Wildman–Crippen MR) is 106 cm³/mol. The van der Waals surface area contributed by atoms with E-state index in [0.717, 1.165) is 0 Å². The summed E-state index contributed by atoms with van der Waals surface area (Å²) in [6, 6.07) is 11.9. The quantitative estimate of drug-likeness (QED) is 0.476. The fourth-order valence-electron chi connectivity index (χ4n) is 2.56. The van der Waals surface area contributed by atoms with E-state index in [0.29, 0.717) is 10.8 Å². The Bertz CT molecular complexity index is 1160. The van der Waals surface area contributed by atoms with Gasteiger partial charge in [-0.15, -0.1) is 0 Å². The van der Waals surface area contributed by atoms with Crippen LogP contribution >= 0.6 is 11.6 Å². The number of nitrogens with one attached hydrogen (secondary N) is 4. The number of hydrazine groups is 1. The van der Waals surface area contributed by atoms with Gasteiger partial charge < -0.3 is 5.32 Å². The first-order valence-electron chi connectivity index (χ1n) is 8.51. The van der Waals surface area contributed by atoms with Gasteiger partial charge in [-0.25, -0.2) is 5.10 Å². The summed E-state index contributed by atoms with van der Waals surface area (Å²) >= 11 is 5.96. The minimum atomic E-state index is -0.959. The average molecular weight is 414 g/mol. The third kappa shape index (κ3) is 4.41. The van der Waals surface area contributed by atoms with Crippen molar-refractivity contribution in [1.29, 1.82) is 0 Å². The number of nitrogens with zero attached hydrogens (tertiary/aromatic N) is 1. The highest BCUT2D eigenvalue weighted by molar-refractivity contribution is 6.33. The van der Waals surface area contributed by atoms with E-state index in [1.54, 1.807) is 42.5 Å². The van der Waals surface area contributed by atoms with Gasteiger partial charge in [-0.05, 0) is 25.1 Å². The van der Waals surface area contributed by atoms with Crippen molar-refractivity contribution in [2.75, 3.05) is 0 Å². The van der Waals surface area contributed by atoms with Gasteiger partial charge in [0.2, 0.25) is 0 Å². The van der Waals surface area contributed by atoms with Crippen LogP contribution in [0.15, 0.2) is 53.3 Å². The fraction of sp³-hybridized carbons (Fsp3) is 0.105. The first-order valence-corrected chi connectivity index (χ1v) is 8.89. The Balaban J connectivity index is 1.64. The highest BCUT2D eigenvalue weighted by atomic mass is 35.5. The molecule has 0 aliphatic rings. The minimum Gasteiger partial charge on any atom is -0.340 e. The molecule has 0 aliphatic heterocycles. The van der Waals surface area contributed by atoms with Crippen LogP contribution in [0, 0.1) is 0 Å². The van der Waals surface area contributed by atoms with Crippen molar-refractivity contribution in [2.45, 2.75) is 13.0 Å². The molecule has 2 aromatic carbocycles. The number of carbonyl (C=O) groups excluding carboxylic acids is 3. The van der Waals surface area contributed by atoms with Gasteiger partial charge >= 0.3 is 0 Å². The van der Waals surface area contributed by atoms with Crippen molar-refractivity contribution in [3.05, 3.63) is 75.2 Å². The van der Waals surface area contributed by atoms with E-state index < -0.39 is 29.3 Å². The average Bonchev–Trinajstić information content (AvgIpc) is 2.72. The fourth-order valence-corrected chi connectivity index (χ4v) is 2.78. The summed E-state index contributed by atoms with van der Waals surface area (Å²) in [4.78, 5) is 48.6. The Kier molecular flexibility index (Phi) is 5.89. The molecule has 3 aromatic rings. The van der Waals surface area contributed by atoms with E-state index in [1.165, 1.54) is 13.0 Å². The topological polar surface area (TPSA) is 133 Å². The van der Waals surface area contributed by atoms with Gasteiger partial charge in [0.25, 0.3) is 23.3 Å². The Morgan fingerprint density at radius 3 is 2.34 bits per heavy atom. The zero-order valence-corrected chi connectivity index (χ0v) is 15.9. The second kappa shape index (κ2) is 8.53. The second-order valence-corrected chi connectivity index (χ2v) is 6.47. The van der Waals surface area contributed by atoms with Crippen LogP contribution in [0.4, 0.5) is 0 Å². The number of aromatic nitrogens is 2. The maximum atomic E-state index is 12.4. The molecular weight excluding hydrogens is 398 g/mol. The highest BCUT2D eigenvalue weighted by Gasteiger charge is 2.20. The molecule has 0 aliphatic carbocycles. The van der Waals surface area contributed by atoms with Crippen LogP contribution < -0.4 is 21.7 Å². The molecule has 1 atom stereocenters. The Morgan fingerprint density at radius 1 is 0.966 bits per heavy atom. The first-order chi connectivity index (χ1) is 13.9. The molecule has 1 aromatic heterocycles. The number of rotatable bonds is 4.